The lowest BCUT2D eigenvalue weighted by molar-refractivity contribution is -0.126. The molecular weight excluding hydrogens is 240 g/mol. The molecule has 2 amide bonds. The number of likely N-dealkylation sites (tertiary alicyclic amines) is 1. The molecule has 1 N–H and O–H groups in total. The van der Waals surface area contributed by atoms with Gasteiger partial charge in [0.05, 0.1) is 0 Å². The number of carbonyl (C=O) groups is 2. The summed E-state index contributed by atoms with van der Waals surface area (Å²) in [4.78, 5) is 24.8. The monoisotopic (exact) mass is 258 g/mol. The molecule has 1 unspecified atom stereocenters. The van der Waals surface area contributed by atoms with Crippen LogP contribution < -0.4 is 5.32 Å². The van der Waals surface area contributed by atoms with E-state index in [1.807, 2.05) is 18.0 Å². The van der Waals surface area contributed by atoms with Gasteiger partial charge in [0.2, 0.25) is 11.8 Å². The Labute approximate surface area is 112 Å². The fraction of sp³-hybridized carbons (Fsp3) is 0.467. The normalized spacial score (nSPS) is 24.9. The molecule has 1 spiro atoms. The number of benzene rings is 1. The zero-order valence-corrected chi connectivity index (χ0v) is 11.3. The highest BCUT2D eigenvalue weighted by Gasteiger charge is 2.46. The van der Waals surface area contributed by atoms with Crippen molar-refractivity contribution in [1.29, 1.82) is 0 Å². The van der Waals surface area contributed by atoms with Crippen molar-refractivity contribution in [3.8, 4) is 0 Å². The van der Waals surface area contributed by atoms with E-state index in [2.05, 4.69) is 17.4 Å². The number of hydrogen-bond donors (Lipinski definition) is 1. The summed E-state index contributed by atoms with van der Waals surface area (Å²) in [5.74, 6) is 0.157. The predicted octanol–water partition coefficient (Wildman–Crippen LogP) is 1.69. The fourth-order valence-corrected chi connectivity index (χ4v) is 3.45. The van der Waals surface area contributed by atoms with Crippen molar-refractivity contribution in [1.82, 2.24) is 4.90 Å². The van der Waals surface area contributed by atoms with Gasteiger partial charge in [0, 0.05) is 38.0 Å². The molecule has 1 heterocycles. The van der Waals surface area contributed by atoms with Gasteiger partial charge in [0.1, 0.15) is 0 Å². The Hall–Kier alpha value is -1.84. The Balaban J connectivity index is 1.99. The first kappa shape index (κ1) is 12.2. The summed E-state index contributed by atoms with van der Waals surface area (Å²) in [7, 11) is 1.87. The van der Waals surface area contributed by atoms with Gasteiger partial charge in [0.15, 0.2) is 0 Å². The molecular formula is C15H18N2O2. The molecule has 1 aromatic carbocycles. The van der Waals surface area contributed by atoms with Gasteiger partial charge in [-0.2, -0.15) is 0 Å². The summed E-state index contributed by atoms with van der Waals surface area (Å²) >= 11 is 0. The van der Waals surface area contributed by atoms with E-state index >= 15 is 0 Å². The average Bonchev–Trinajstić information content (AvgIpc) is 2.81. The molecule has 0 radical (unpaired) electrons. The summed E-state index contributed by atoms with van der Waals surface area (Å²) in [6, 6.07) is 6.08. The second-order valence-electron chi connectivity index (χ2n) is 5.76. The van der Waals surface area contributed by atoms with Crippen LogP contribution in [0, 0.1) is 0 Å². The van der Waals surface area contributed by atoms with E-state index in [1.165, 1.54) is 18.1 Å². The maximum atomic E-state index is 11.9. The zero-order chi connectivity index (χ0) is 13.6. The summed E-state index contributed by atoms with van der Waals surface area (Å²) in [5, 5.41) is 2.83. The van der Waals surface area contributed by atoms with Gasteiger partial charge in [-0.3, -0.25) is 9.59 Å². The molecule has 0 saturated carbocycles. The Morgan fingerprint density at radius 2 is 2.21 bits per heavy atom. The molecule has 1 atom stereocenters. The molecule has 4 nitrogen and oxygen atoms in total. The largest absolute Gasteiger partial charge is 0.345 e. The van der Waals surface area contributed by atoms with Gasteiger partial charge in [-0.1, -0.05) is 6.07 Å². The van der Waals surface area contributed by atoms with Gasteiger partial charge in [-0.15, -0.1) is 0 Å². The first-order chi connectivity index (χ1) is 9.00. The number of nitrogens with zero attached hydrogens (tertiary/aromatic N) is 1. The molecule has 4 heteroatoms. The van der Waals surface area contributed by atoms with Crippen LogP contribution in [-0.2, 0) is 21.4 Å². The molecule has 1 fully saturated rings. The van der Waals surface area contributed by atoms with Crippen LogP contribution in [0.3, 0.4) is 0 Å². The van der Waals surface area contributed by atoms with Gasteiger partial charge < -0.3 is 10.2 Å². The maximum Gasteiger partial charge on any atom is 0.223 e. The standard InChI is InChI=1S/C15H18N2O2/c1-10(18)16-12-4-3-11-5-6-15(13(11)7-12)8-14(19)17(2)9-15/h3-4,7H,5-6,8-9H2,1-2H3,(H,16,18). The summed E-state index contributed by atoms with van der Waals surface area (Å²) in [6.45, 7) is 2.30. The number of likely N-dealkylation sites (N-methyl/N-ethyl adjacent to an activating group) is 1. The van der Waals surface area contributed by atoms with E-state index in [-0.39, 0.29) is 17.2 Å². The van der Waals surface area contributed by atoms with Crippen LogP contribution in [0.2, 0.25) is 0 Å². The lowest BCUT2D eigenvalue weighted by atomic mass is 9.81. The summed E-state index contributed by atoms with van der Waals surface area (Å²) < 4.78 is 0. The zero-order valence-electron chi connectivity index (χ0n) is 11.3. The van der Waals surface area contributed by atoms with Crippen molar-refractivity contribution >= 4 is 17.5 Å². The fourth-order valence-electron chi connectivity index (χ4n) is 3.45. The minimum Gasteiger partial charge on any atom is -0.345 e. The lowest BCUT2D eigenvalue weighted by Crippen LogP contribution is -2.27. The van der Waals surface area contributed by atoms with Crippen molar-refractivity contribution in [2.24, 2.45) is 0 Å². The summed E-state index contributed by atoms with van der Waals surface area (Å²) in [6.07, 6.45) is 2.65. The third-order valence-corrected chi connectivity index (χ3v) is 4.33. The van der Waals surface area contributed by atoms with Crippen LogP contribution in [0.25, 0.3) is 0 Å². The molecule has 3 rings (SSSR count). The van der Waals surface area contributed by atoms with Crippen molar-refractivity contribution in [2.45, 2.75) is 31.6 Å². The molecule has 1 aliphatic carbocycles. The first-order valence-corrected chi connectivity index (χ1v) is 6.65. The van der Waals surface area contributed by atoms with E-state index < -0.39 is 0 Å². The van der Waals surface area contributed by atoms with Gasteiger partial charge in [0.25, 0.3) is 0 Å². The molecule has 1 aliphatic heterocycles. The molecule has 1 aromatic rings. The van der Waals surface area contributed by atoms with Gasteiger partial charge >= 0.3 is 0 Å². The SMILES string of the molecule is CC(=O)Nc1ccc2c(c1)C1(CC2)CC(=O)N(C)C1. The highest BCUT2D eigenvalue weighted by atomic mass is 16.2. The summed E-state index contributed by atoms with van der Waals surface area (Å²) in [5.41, 5.74) is 3.36. The topological polar surface area (TPSA) is 49.4 Å². The first-order valence-electron chi connectivity index (χ1n) is 6.65. The van der Waals surface area contributed by atoms with Crippen LogP contribution in [0.5, 0.6) is 0 Å². The quantitative estimate of drug-likeness (QED) is 0.833. The van der Waals surface area contributed by atoms with E-state index in [1.54, 1.807) is 0 Å². The van der Waals surface area contributed by atoms with Crippen LogP contribution in [-0.4, -0.2) is 30.3 Å². The number of fused-ring (bicyclic) bond motifs is 2. The number of carbonyl (C=O) groups excluding carboxylic acids is 2. The molecule has 0 bridgehead atoms. The predicted molar refractivity (Wildman–Crippen MR) is 73.0 cm³/mol. The minimum absolute atomic E-state index is 0.0321. The molecule has 2 aliphatic rings. The Morgan fingerprint density at radius 1 is 1.42 bits per heavy atom. The smallest absolute Gasteiger partial charge is 0.223 e. The highest BCUT2D eigenvalue weighted by molar-refractivity contribution is 5.89. The van der Waals surface area contributed by atoms with Gasteiger partial charge in [-0.05, 0) is 36.1 Å². The number of amides is 2. The lowest BCUT2D eigenvalue weighted by Gasteiger charge is -2.24. The van der Waals surface area contributed by atoms with Crippen LogP contribution in [0.4, 0.5) is 5.69 Å². The Morgan fingerprint density at radius 3 is 2.84 bits per heavy atom. The third-order valence-electron chi connectivity index (χ3n) is 4.33. The molecule has 19 heavy (non-hydrogen) atoms. The van der Waals surface area contributed by atoms with Crippen LogP contribution in [0.15, 0.2) is 18.2 Å². The number of anilines is 1. The van der Waals surface area contributed by atoms with E-state index in [0.29, 0.717) is 6.42 Å². The number of rotatable bonds is 1. The average molecular weight is 258 g/mol. The van der Waals surface area contributed by atoms with E-state index in [4.69, 9.17) is 0 Å². The Bertz CT molecular complexity index is 567. The van der Waals surface area contributed by atoms with Crippen LogP contribution in [0.1, 0.15) is 30.9 Å². The second kappa shape index (κ2) is 4.08. The third kappa shape index (κ3) is 1.91. The van der Waals surface area contributed by atoms with E-state index in [0.717, 1.165) is 25.1 Å². The number of hydrogen-bond acceptors (Lipinski definition) is 2. The Kier molecular flexibility index (Phi) is 2.62. The minimum atomic E-state index is -0.0633. The molecule has 1 saturated heterocycles. The van der Waals surface area contributed by atoms with Crippen molar-refractivity contribution < 1.29 is 9.59 Å². The number of aryl methyl sites for hydroxylation is 1. The van der Waals surface area contributed by atoms with Crippen molar-refractivity contribution in [3.63, 3.8) is 0 Å². The second-order valence-corrected chi connectivity index (χ2v) is 5.76. The van der Waals surface area contributed by atoms with Gasteiger partial charge in [-0.25, -0.2) is 0 Å². The molecule has 0 aromatic heterocycles. The highest BCUT2D eigenvalue weighted by Crippen LogP contribution is 2.46. The van der Waals surface area contributed by atoms with Crippen molar-refractivity contribution in [2.75, 3.05) is 18.9 Å². The van der Waals surface area contributed by atoms with Crippen molar-refractivity contribution in [3.05, 3.63) is 29.3 Å². The van der Waals surface area contributed by atoms with Crippen LogP contribution >= 0.6 is 0 Å². The maximum absolute atomic E-state index is 11.9. The number of nitrogens with one attached hydrogen (secondary N) is 1. The van der Waals surface area contributed by atoms with E-state index in [9.17, 15) is 9.59 Å². The molecule has 100 valence electrons.